The fourth-order valence-electron chi connectivity index (χ4n) is 1.88. The van der Waals surface area contributed by atoms with Gasteiger partial charge in [-0.05, 0) is 42.0 Å². The van der Waals surface area contributed by atoms with Crippen molar-refractivity contribution >= 4 is 33.3 Å². The van der Waals surface area contributed by atoms with Gasteiger partial charge in [-0.2, -0.15) is 0 Å². The number of hydrogen-bond acceptors (Lipinski definition) is 3. The standard InChI is InChI=1S/C15H16ClN3O3S/c1-19(10-11-2-4-12(16)5-3-11)15(20)18-13-6-8-14(9-7-13)23(17,21)22/h2-9H,10H2,1H3,(H,18,20)(H2,17,21,22). The van der Waals surface area contributed by atoms with E-state index in [0.717, 1.165) is 5.56 Å². The summed E-state index contributed by atoms with van der Waals surface area (Å²) in [5.41, 5.74) is 1.42. The molecule has 3 N–H and O–H groups in total. The SMILES string of the molecule is CN(Cc1ccc(Cl)cc1)C(=O)Nc1ccc(S(N)(=O)=O)cc1. The van der Waals surface area contributed by atoms with Gasteiger partial charge in [0.25, 0.3) is 0 Å². The zero-order valence-electron chi connectivity index (χ0n) is 12.4. The number of benzene rings is 2. The molecule has 0 atom stereocenters. The van der Waals surface area contributed by atoms with E-state index in [9.17, 15) is 13.2 Å². The summed E-state index contributed by atoms with van der Waals surface area (Å²) in [5.74, 6) is 0. The Bertz CT molecular complexity index is 790. The van der Waals surface area contributed by atoms with Gasteiger partial charge in [-0.15, -0.1) is 0 Å². The van der Waals surface area contributed by atoms with Crippen LogP contribution in [0.25, 0.3) is 0 Å². The normalized spacial score (nSPS) is 11.1. The maximum Gasteiger partial charge on any atom is 0.321 e. The first-order valence-electron chi connectivity index (χ1n) is 6.65. The van der Waals surface area contributed by atoms with Crippen molar-refractivity contribution in [1.29, 1.82) is 0 Å². The number of nitrogens with one attached hydrogen (secondary N) is 1. The highest BCUT2D eigenvalue weighted by Crippen LogP contribution is 2.14. The Morgan fingerprint density at radius 3 is 2.22 bits per heavy atom. The van der Waals surface area contributed by atoms with Crippen molar-refractivity contribution < 1.29 is 13.2 Å². The minimum atomic E-state index is -3.74. The molecular weight excluding hydrogens is 338 g/mol. The molecule has 0 aliphatic heterocycles. The zero-order valence-corrected chi connectivity index (χ0v) is 13.9. The molecule has 23 heavy (non-hydrogen) atoms. The molecule has 2 aromatic rings. The molecule has 2 aromatic carbocycles. The Morgan fingerprint density at radius 1 is 1.13 bits per heavy atom. The van der Waals surface area contributed by atoms with Crippen molar-refractivity contribution in [2.45, 2.75) is 11.4 Å². The van der Waals surface area contributed by atoms with Crippen LogP contribution in [0.1, 0.15) is 5.56 Å². The third-order valence-corrected chi connectivity index (χ3v) is 4.30. The van der Waals surface area contributed by atoms with Crippen molar-refractivity contribution in [3.05, 3.63) is 59.1 Å². The predicted octanol–water partition coefficient (Wildman–Crippen LogP) is 2.65. The van der Waals surface area contributed by atoms with Gasteiger partial charge >= 0.3 is 6.03 Å². The maximum absolute atomic E-state index is 12.1. The fourth-order valence-corrected chi connectivity index (χ4v) is 2.52. The van der Waals surface area contributed by atoms with E-state index in [1.165, 1.54) is 29.2 Å². The summed E-state index contributed by atoms with van der Waals surface area (Å²) >= 11 is 5.82. The van der Waals surface area contributed by atoms with E-state index in [1.54, 1.807) is 19.2 Å². The molecule has 0 saturated heterocycles. The highest BCUT2D eigenvalue weighted by Gasteiger charge is 2.11. The first kappa shape index (κ1) is 17.3. The van der Waals surface area contributed by atoms with Crippen LogP contribution in [-0.4, -0.2) is 26.4 Å². The van der Waals surface area contributed by atoms with Crippen molar-refractivity contribution in [3.63, 3.8) is 0 Å². The van der Waals surface area contributed by atoms with Crippen LogP contribution in [-0.2, 0) is 16.6 Å². The Hall–Kier alpha value is -2.09. The van der Waals surface area contributed by atoms with Gasteiger partial charge < -0.3 is 10.2 Å². The summed E-state index contributed by atoms with van der Waals surface area (Å²) in [4.78, 5) is 13.6. The third-order valence-electron chi connectivity index (χ3n) is 3.11. The van der Waals surface area contributed by atoms with Crippen LogP contribution in [0.4, 0.5) is 10.5 Å². The number of amides is 2. The second kappa shape index (κ2) is 6.99. The van der Waals surface area contributed by atoms with Crippen molar-refractivity contribution in [2.24, 2.45) is 5.14 Å². The Labute approximate surface area is 139 Å². The van der Waals surface area contributed by atoms with E-state index in [1.807, 2.05) is 12.1 Å². The molecule has 0 bridgehead atoms. The number of sulfonamides is 1. The van der Waals surface area contributed by atoms with Crippen LogP contribution in [0.3, 0.4) is 0 Å². The molecule has 0 heterocycles. The summed E-state index contributed by atoms with van der Waals surface area (Å²) in [6.45, 7) is 0.415. The highest BCUT2D eigenvalue weighted by atomic mass is 35.5. The van der Waals surface area contributed by atoms with E-state index in [2.05, 4.69) is 5.32 Å². The van der Waals surface area contributed by atoms with E-state index in [0.29, 0.717) is 17.3 Å². The molecule has 2 amide bonds. The molecule has 0 fully saturated rings. The number of anilines is 1. The first-order chi connectivity index (χ1) is 10.8. The van der Waals surface area contributed by atoms with E-state index in [4.69, 9.17) is 16.7 Å². The molecule has 0 saturated carbocycles. The number of hydrogen-bond donors (Lipinski definition) is 2. The van der Waals surface area contributed by atoms with Crippen LogP contribution in [0.5, 0.6) is 0 Å². The molecule has 0 spiro atoms. The Balaban J connectivity index is 1.99. The monoisotopic (exact) mass is 353 g/mol. The van der Waals surface area contributed by atoms with Gasteiger partial charge in [-0.25, -0.2) is 18.4 Å². The number of primary sulfonamides is 1. The van der Waals surface area contributed by atoms with Gasteiger partial charge in [0.1, 0.15) is 0 Å². The number of carbonyl (C=O) groups is 1. The second-order valence-electron chi connectivity index (χ2n) is 4.98. The quantitative estimate of drug-likeness (QED) is 0.884. The van der Waals surface area contributed by atoms with Crippen LogP contribution in [0.2, 0.25) is 5.02 Å². The van der Waals surface area contributed by atoms with Crippen LogP contribution in [0, 0.1) is 0 Å². The molecule has 0 aliphatic carbocycles. The first-order valence-corrected chi connectivity index (χ1v) is 8.57. The van der Waals surface area contributed by atoms with Crippen LogP contribution < -0.4 is 10.5 Å². The molecule has 0 aliphatic rings. The molecule has 0 unspecified atom stereocenters. The van der Waals surface area contributed by atoms with Gasteiger partial charge in [0.15, 0.2) is 0 Å². The molecular formula is C15H16ClN3O3S. The van der Waals surface area contributed by atoms with Crippen LogP contribution in [0.15, 0.2) is 53.4 Å². The van der Waals surface area contributed by atoms with Gasteiger partial charge in [-0.1, -0.05) is 23.7 Å². The number of rotatable bonds is 4. The van der Waals surface area contributed by atoms with E-state index >= 15 is 0 Å². The summed E-state index contributed by atoms with van der Waals surface area (Å²) < 4.78 is 22.3. The number of nitrogens with two attached hydrogens (primary N) is 1. The van der Waals surface area contributed by atoms with Gasteiger partial charge in [0.05, 0.1) is 4.90 Å². The Kier molecular flexibility index (Phi) is 5.25. The molecule has 8 heteroatoms. The third kappa shape index (κ3) is 4.95. The Morgan fingerprint density at radius 2 is 1.70 bits per heavy atom. The highest BCUT2D eigenvalue weighted by molar-refractivity contribution is 7.89. The van der Waals surface area contributed by atoms with Gasteiger partial charge in [0, 0.05) is 24.3 Å². The molecule has 0 radical (unpaired) electrons. The minimum absolute atomic E-state index is 0.00924. The predicted molar refractivity (Wildman–Crippen MR) is 89.8 cm³/mol. The number of urea groups is 1. The van der Waals surface area contributed by atoms with Crippen molar-refractivity contribution in [2.75, 3.05) is 12.4 Å². The average Bonchev–Trinajstić information content (AvgIpc) is 2.49. The van der Waals surface area contributed by atoms with Gasteiger partial charge in [0.2, 0.25) is 10.0 Å². The number of halogens is 1. The summed E-state index contributed by atoms with van der Waals surface area (Å²) in [5, 5.41) is 8.33. The second-order valence-corrected chi connectivity index (χ2v) is 6.98. The summed E-state index contributed by atoms with van der Waals surface area (Å²) in [6.07, 6.45) is 0. The van der Waals surface area contributed by atoms with Crippen LogP contribution >= 0.6 is 11.6 Å². The number of nitrogens with zero attached hydrogens (tertiary/aromatic N) is 1. The largest absolute Gasteiger partial charge is 0.323 e. The van der Waals surface area contributed by atoms with Gasteiger partial charge in [-0.3, -0.25) is 0 Å². The van der Waals surface area contributed by atoms with Crippen molar-refractivity contribution in [1.82, 2.24) is 4.90 Å². The molecule has 122 valence electrons. The lowest BCUT2D eigenvalue weighted by atomic mass is 10.2. The minimum Gasteiger partial charge on any atom is -0.323 e. The van der Waals surface area contributed by atoms with E-state index in [-0.39, 0.29) is 10.9 Å². The average molecular weight is 354 g/mol. The lowest BCUT2D eigenvalue weighted by molar-refractivity contribution is 0.220. The van der Waals surface area contributed by atoms with E-state index < -0.39 is 10.0 Å². The lowest BCUT2D eigenvalue weighted by Gasteiger charge is -2.18. The zero-order chi connectivity index (χ0) is 17.0. The summed E-state index contributed by atoms with van der Waals surface area (Å²) in [7, 11) is -2.09. The van der Waals surface area contributed by atoms with Crippen molar-refractivity contribution in [3.8, 4) is 0 Å². The number of carbonyl (C=O) groups excluding carboxylic acids is 1. The maximum atomic E-state index is 12.1. The lowest BCUT2D eigenvalue weighted by Crippen LogP contribution is -2.30. The fraction of sp³-hybridized carbons (Fsp3) is 0.133. The molecule has 6 nitrogen and oxygen atoms in total. The topological polar surface area (TPSA) is 92.5 Å². The molecule has 0 aromatic heterocycles. The smallest absolute Gasteiger partial charge is 0.321 e. The molecule has 2 rings (SSSR count). The summed E-state index contributed by atoms with van der Waals surface area (Å²) in [6, 6.07) is 12.5.